The van der Waals surface area contributed by atoms with E-state index in [4.69, 9.17) is 15.2 Å². The van der Waals surface area contributed by atoms with E-state index in [0.717, 1.165) is 33.4 Å². The first kappa shape index (κ1) is 23.9. The summed E-state index contributed by atoms with van der Waals surface area (Å²) in [7, 11) is 0. The second-order valence-electron chi connectivity index (χ2n) is 8.64. The van der Waals surface area contributed by atoms with Gasteiger partial charge in [-0.1, -0.05) is 74.2 Å². The first-order chi connectivity index (χ1) is 15.7. The minimum atomic E-state index is -0.451. The van der Waals surface area contributed by atoms with Crippen LogP contribution in [0.15, 0.2) is 83.7 Å². The van der Waals surface area contributed by atoms with E-state index >= 15 is 0 Å². The zero-order valence-electron chi connectivity index (χ0n) is 20.0. The molecule has 1 unspecified atom stereocenters. The highest BCUT2D eigenvalue weighted by Gasteiger charge is 2.37. The monoisotopic (exact) mass is 441 g/mol. The molecule has 2 N–H and O–H groups in total. The lowest BCUT2D eigenvalue weighted by Crippen LogP contribution is -2.31. The second-order valence-corrected chi connectivity index (χ2v) is 8.64. The molecule has 170 valence electrons. The summed E-state index contributed by atoms with van der Waals surface area (Å²) in [6.07, 6.45) is 9.06. The molecular formula is C27H31N5O. The molecule has 2 aromatic heterocycles. The fourth-order valence-corrected chi connectivity index (χ4v) is 3.35. The molecule has 3 aromatic rings. The van der Waals surface area contributed by atoms with Gasteiger partial charge in [0.2, 0.25) is 5.95 Å². The molecule has 0 fully saturated rings. The van der Waals surface area contributed by atoms with Gasteiger partial charge < -0.3 is 10.3 Å². The van der Waals surface area contributed by atoms with Crippen LogP contribution in [0.4, 0.5) is 5.95 Å². The van der Waals surface area contributed by atoms with Crippen LogP contribution in [0.5, 0.6) is 0 Å². The first-order valence-electron chi connectivity index (χ1n) is 10.9. The quantitative estimate of drug-likeness (QED) is 0.421. The number of aromatic nitrogens is 4. The van der Waals surface area contributed by atoms with Crippen LogP contribution in [0.3, 0.4) is 0 Å². The van der Waals surface area contributed by atoms with E-state index in [1.54, 1.807) is 18.5 Å². The molecule has 0 bridgehead atoms. The van der Waals surface area contributed by atoms with Gasteiger partial charge in [-0.15, -0.1) is 0 Å². The van der Waals surface area contributed by atoms with E-state index in [-0.39, 0.29) is 11.9 Å². The molecule has 6 nitrogen and oxygen atoms in total. The SMILES string of the molecule is C=CC(=CC=C(C)C(=C)C)c1nc(C(C)(c2ccc(-c3cnc(N)nc3)cc2)C(C)C)no1. The Kier molecular flexibility index (Phi) is 7.07. The molecule has 3 rings (SSSR count). The molecule has 6 heteroatoms. The van der Waals surface area contributed by atoms with Crippen molar-refractivity contribution >= 4 is 11.5 Å². The van der Waals surface area contributed by atoms with Gasteiger partial charge >= 0.3 is 0 Å². The molecule has 1 aromatic carbocycles. The number of rotatable bonds is 8. The number of hydrogen-bond acceptors (Lipinski definition) is 6. The predicted molar refractivity (Wildman–Crippen MR) is 134 cm³/mol. The predicted octanol–water partition coefficient (Wildman–Crippen LogP) is 6.16. The molecule has 0 radical (unpaired) electrons. The highest BCUT2D eigenvalue weighted by Crippen LogP contribution is 2.38. The van der Waals surface area contributed by atoms with Crippen molar-refractivity contribution in [2.24, 2.45) is 5.92 Å². The Morgan fingerprint density at radius 3 is 2.24 bits per heavy atom. The van der Waals surface area contributed by atoms with Crippen molar-refractivity contribution in [3.63, 3.8) is 0 Å². The topological polar surface area (TPSA) is 90.7 Å². The van der Waals surface area contributed by atoms with Crippen LogP contribution in [-0.4, -0.2) is 20.1 Å². The summed E-state index contributed by atoms with van der Waals surface area (Å²) in [5, 5.41) is 4.36. The molecule has 0 aliphatic carbocycles. The van der Waals surface area contributed by atoms with Crippen molar-refractivity contribution in [3.05, 3.63) is 96.5 Å². The Morgan fingerprint density at radius 1 is 1.06 bits per heavy atom. The summed E-state index contributed by atoms with van der Waals surface area (Å²) in [5.74, 6) is 1.54. The van der Waals surface area contributed by atoms with E-state index in [1.807, 2.05) is 38.1 Å². The maximum absolute atomic E-state index is 5.65. The molecule has 0 amide bonds. The average Bonchev–Trinajstić information content (AvgIpc) is 3.29. The third kappa shape index (κ3) is 5.00. The van der Waals surface area contributed by atoms with Crippen LogP contribution in [0.1, 0.15) is 51.9 Å². The third-order valence-electron chi connectivity index (χ3n) is 6.19. The van der Waals surface area contributed by atoms with E-state index in [1.165, 1.54) is 0 Å². The Balaban J connectivity index is 1.97. The standard InChI is InChI=1S/C27H31N5O/c1-8-20(10-9-19(6)17(2)3)24-31-25(32-33-24)27(7,18(4)5)23-13-11-21(12-14-23)22-15-29-26(28)30-16-22/h8-16,18H,1-2H2,3-7H3,(H2,28,29,30). The number of hydrogen-bond donors (Lipinski definition) is 1. The van der Waals surface area contributed by atoms with Crippen LogP contribution >= 0.6 is 0 Å². The highest BCUT2D eigenvalue weighted by atomic mass is 16.5. The van der Waals surface area contributed by atoms with Crippen molar-refractivity contribution < 1.29 is 4.52 Å². The summed E-state index contributed by atoms with van der Waals surface area (Å²) in [4.78, 5) is 12.9. The van der Waals surface area contributed by atoms with Crippen LogP contribution in [-0.2, 0) is 5.41 Å². The zero-order valence-corrected chi connectivity index (χ0v) is 20.0. The number of allylic oxidation sites excluding steroid dienone is 6. The number of nitrogens with two attached hydrogens (primary N) is 1. The maximum Gasteiger partial charge on any atom is 0.257 e. The zero-order chi connectivity index (χ0) is 24.2. The van der Waals surface area contributed by atoms with Crippen molar-refractivity contribution in [1.29, 1.82) is 0 Å². The third-order valence-corrected chi connectivity index (χ3v) is 6.19. The first-order valence-corrected chi connectivity index (χ1v) is 10.9. The minimum Gasteiger partial charge on any atom is -0.368 e. The number of nitrogen functional groups attached to an aromatic ring is 1. The summed E-state index contributed by atoms with van der Waals surface area (Å²) >= 11 is 0. The molecule has 2 heterocycles. The highest BCUT2D eigenvalue weighted by molar-refractivity contribution is 5.69. The lowest BCUT2D eigenvalue weighted by atomic mass is 9.72. The van der Waals surface area contributed by atoms with Crippen LogP contribution in [0, 0.1) is 5.92 Å². The van der Waals surface area contributed by atoms with E-state index in [9.17, 15) is 0 Å². The number of benzene rings is 1. The Morgan fingerprint density at radius 2 is 1.70 bits per heavy atom. The van der Waals surface area contributed by atoms with Gasteiger partial charge in [0, 0.05) is 23.5 Å². The van der Waals surface area contributed by atoms with Gasteiger partial charge in [0.1, 0.15) is 0 Å². The van der Waals surface area contributed by atoms with Gasteiger partial charge in [-0.2, -0.15) is 4.98 Å². The summed E-state index contributed by atoms with van der Waals surface area (Å²) in [6.45, 7) is 18.3. The van der Waals surface area contributed by atoms with Gasteiger partial charge in [0.15, 0.2) is 5.82 Å². The molecule has 0 saturated carbocycles. The number of nitrogens with zero attached hydrogens (tertiary/aromatic N) is 4. The van der Waals surface area contributed by atoms with E-state index < -0.39 is 5.41 Å². The fraction of sp³-hybridized carbons (Fsp3) is 0.259. The molecule has 1 atom stereocenters. The normalized spacial score (nSPS) is 14.2. The van der Waals surface area contributed by atoms with Crippen molar-refractivity contribution in [1.82, 2.24) is 20.1 Å². The van der Waals surface area contributed by atoms with Crippen LogP contribution in [0.2, 0.25) is 0 Å². The Bertz CT molecular complexity index is 1200. The molecule has 0 spiro atoms. The van der Waals surface area contributed by atoms with Crippen LogP contribution < -0.4 is 5.73 Å². The number of anilines is 1. The van der Waals surface area contributed by atoms with Gasteiger partial charge in [0.25, 0.3) is 5.89 Å². The molecule has 33 heavy (non-hydrogen) atoms. The fourth-order valence-electron chi connectivity index (χ4n) is 3.35. The molecular weight excluding hydrogens is 410 g/mol. The molecule has 0 aliphatic rings. The van der Waals surface area contributed by atoms with Gasteiger partial charge in [-0.05, 0) is 49.5 Å². The maximum atomic E-state index is 5.65. The largest absolute Gasteiger partial charge is 0.368 e. The van der Waals surface area contributed by atoms with Gasteiger partial charge in [-0.3, -0.25) is 0 Å². The van der Waals surface area contributed by atoms with Crippen LogP contribution in [0.25, 0.3) is 16.7 Å². The van der Waals surface area contributed by atoms with E-state index in [0.29, 0.717) is 11.7 Å². The summed E-state index contributed by atoms with van der Waals surface area (Å²) in [6, 6.07) is 8.27. The average molecular weight is 442 g/mol. The molecule has 0 saturated heterocycles. The minimum absolute atomic E-state index is 0.218. The molecule has 0 aliphatic heterocycles. The Hall–Kier alpha value is -3.80. The lowest BCUT2D eigenvalue weighted by molar-refractivity contribution is 0.345. The summed E-state index contributed by atoms with van der Waals surface area (Å²) < 4.78 is 5.65. The van der Waals surface area contributed by atoms with Crippen molar-refractivity contribution in [2.75, 3.05) is 5.73 Å². The smallest absolute Gasteiger partial charge is 0.257 e. The lowest BCUT2D eigenvalue weighted by Gasteiger charge is -2.31. The van der Waals surface area contributed by atoms with Gasteiger partial charge in [-0.25, -0.2) is 9.97 Å². The van der Waals surface area contributed by atoms with Crippen molar-refractivity contribution in [2.45, 2.75) is 40.0 Å². The van der Waals surface area contributed by atoms with E-state index in [2.05, 4.69) is 61.2 Å². The second kappa shape index (κ2) is 9.77. The van der Waals surface area contributed by atoms with Crippen molar-refractivity contribution in [3.8, 4) is 11.1 Å². The Labute approximate surface area is 195 Å². The summed E-state index contributed by atoms with van der Waals surface area (Å²) in [5.41, 5.74) is 11.0. The van der Waals surface area contributed by atoms with Gasteiger partial charge in [0.05, 0.1) is 5.41 Å².